The topological polar surface area (TPSA) is 18.5 Å². The molecule has 2 aliphatic heterocycles. The van der Waals surface area contributed by atoms with E-state index in [-0.39, 0.29) is 0 Å². The van der Waals surface area contributed by atoms with Crippen LogP contribution in [0.2, 0.25) is 75.5 Å². The van der Waals surface area contributed by atoms with Gasteiger partial charge in [-0.2, -0.15) is 0 Å². The van der Waals surface area contributed by atoms with E-state index in [1.807, 2.05) is 0 Å². The maximum Gasteiger partial charge on any atom is 0.176 e. The van der Waals surface area contributed by atoms with Gasteiger partial charge in [-0.25, -0.2) is 0 Å². The molecule has 0 N–H and O–H groups in total. The Bertz CT molecular complexity index is 343. The van der Waals surface area contributed by atoms with Gasteiger partial charge in [0.25, 0.3) is 0 Å². The molecule has 2 saturated heterocycles. The summed E-state index contributed by atoms with van der Waals surface area (Å²) in [6.07, 6.45) is 2.81. The Kier molecular flexibility index (Phi) is 4.42. The summed E-state index contributed by atoms with van der Waals surface area (Å²) in [5.41, 5.74) is 1.80. The van der Waals surface area contributed by atoms with E-state index < -0.39 is 33.3 Å². The van der Waals surface area contributed by atoms with Gasteiger partial charge < -0.3 is 8.23 Å². The van der Waals surface area contributed by atoms with Crippen molar-refractivity contribution in [3.8, 4) is 0 Å². The van der Waals surface area contributed by atoms with Crippen molar-refractivity contribution in [1.29, 1.82) is 0 Å². The normalized spacial score (nSPS) is 37.2. The highest BCUT2D eigenvalue weighted by atomic mass is 28.4. The van der Waals surface area contributed by atoms with Crippen LogP contribution in [0.5, 0.6) is 0 Å². The lowest BCUT2D eigenvalue weighted by atomic mass is 10.2. The van der Waals surface area contributed by atoms with Crippen LogP contribution in [0.25, 0.3) is 0 Å². The van der Waals surface area contributed by atoms with Crippen LogP contribution in [0.3, 0.4) is 0 Å². The van der Waals surface area contributed by atoms with Gasteiger partial charge in [0.05, 0.1) is 0 Å². The van der Waals surface area contributed by atoms with Gasteiger partial charge in [-0.1, -0.05) is 12.8 Å². The molecule has 0 aliphatic carbocycles. The monoisotopic (exact) mass is 346 g/mol. The van der Waals surface area contributed by atoms with Gasteiger partial charge in [-0.15, -0.1) is 0 Å². The Morgan fingerprint density at radius 1 is 0.650 bits per heavy atom. The van der Waals surface area contributed by atoms with Crippen molar-refractivity contribution < 1.29 is 8.23 Å². The molecule has 2 rings (SSSR count). The van der Waals surface area contributed by atoms with Gasteiger partial charge in [0.2, 0.25) is 0 Å². The summed E-state index contributed by atoms with van der Waals surface area (Å²) < 4.78 is 13.0. The molecule has 0 aromatic carbocycles. The molecule has 0 saturated carbocycles. The molecule has 2 heterocycles. The van der Waals surface area contributed by atoms with Crippen LogP contribution < -0.4 is 0 Å². The molecule has 2 aliphatic rings. The molecule has 0 aromatic heterocycles. The van der Waals surface area contributed by atoms with Gasteiger partial charge in [-0.05, 0) is 75.5 Å². The van der Waals surface area contributed by atoms with Crippen molar-refractivity contribution in [3.63, 3.8) is 0 Å². The van der Waals surface area contributed by atoms with E-state index in [2.05, 4.69) is 52.4 Å². The van der Waals surface area contributed by atoms with Crippen LogP contribution in [0.15, 0.2) is 0 Å². The fourth-order valence-corrected chi connectivity index (χ4v) is 29.4. The third-order valence-corrected chi connectivity index (χ3v) is 22.7. The molecule has 2 atom stereocenters. The molecule has 2 nitrogen and oxygen atoms in total. The molecular formula is C14H34O2Si4. The van der Waals surface area contributed by atoms with E-state index in [1.165, 1.54) is 24.9 Å². The fourth-order valence-electron chi connectivity index (χ4n) is 4.65. The van der Waals surface area contributed by atoms with Crippen molar-refractivity contribution in [2.75, 3.05) is 0 Å². The van der Waals surface area contributed by atoms with Crippen LogP contribution in [-0.4, -0.2) is 33.3 Å². The smallest absolute Gasteiger partial charge is 0.176 e. The first kappa shape index (κ1) is 17.1. The highest BCUT2D eigenvalue weighted by Crippen LogP contribution is 2.50. The second-order valence-corrected chi connectivity index (χ2v) is 26.8. The molecule has 118 valence electrons. The Morgan fingerprint density at radius 2 is 0.950 bits per heavy atom. The highest BCUT2D eigenvalue weighted by Gasteiger charge is 2.51. The average molecular weight is 347 g/mol. The van der Waals surface area contributed by atoms with Crippen LogP contribution >= 0.6 is 0 Å². The van der Waals surface area contributed by atoms with Gasteiger partial charge in [-0.3, -0.25) is 0 Å². The molecule has 0 amide bonds. The lowest BCUT2D eigenvalue weighted by Gasteiger charge is -2.28. The Balaban J connectivity index is 1.96. The third-order valence-electron chi connectivity index (χ3n) is 5.38. The van der Waals surface area contributed by atoms with E-state index in [0.717, 1.165) is 11.1 Å². The van der Waals surface area contributed by atoms with Crippen molar-refractivity contribution in [2.24, 2.45) is 0 Å². The van der Waals surface area contributed by atoms with Crippen LogP contribution in [0.1, 0.15) is 12.8 Å². The molecule has 0 aromatic rings. The second-order valence-electron chi connectivity index (χ2n) is 9.31. The maximum absolute atomic E-state index is 6.52. The standard InChI is InChI=1S/C14H34O2Si4/c1-17(2)11-13(19(5,6)15-17)9-10-14-12-18(3,4)16-20(14,7)8/h13-14H,9-12H2,1-8H3. The van der Waals surface area contributed by atoms with E-state index in [1.54, 1.807) is 0 Å². The average Bonchev–Trinajstić information content (AvgIpc) is 2.50. The predicted octanol–water partition coefficient (Wildman–Crippen LogP) is 5.39. The van der Waals surface area contributed by atoms with E-state index in [4.69, 9.17) is 8.23 Å². The predicted molar refractivity (Wildman–Crippen MR) is 98.4 cm³/mol. The molecule has 0 radical (unpaired) electrons. The van der Waals surface area contributed by atoms with Gasteiger partial charge in [0, 0.05) is 0 Å². The summed E-state index contributed by atoms with van der Waals surface area (Å²) in [7, 11) is -5.48. The molecule has 2 fully saturated rings. The van der Waals surface area contributed by atoms with Crippen LogP contribution in [0, 0.1) is 0 Å². The van der Waals surface area contributed by atoms with Crippen molar-refractivity contribution >= 4 is 33.3 Å². The number of hydrogen-bond donors (Lipinski definition) is 0. The van der Waals surface area contributed by atoms with Gasteiger partial charge >= 0.3 is 0 Å². The highest BCUT2D eigenvalue weighted by molar-refractivity contribution is 6.91. The van der Waals surface area contributed by atoms with Crippen molar-refractivity contribution in [1.82, 2.24) is 0 Å². The minimum Gasteiger partial charge on any atom is -0.455 e. The lowest BCUT2D eigenvalue weighted by Crippen LogP contribution is -2.36. The zero-order valence-electron chi connectivity index (χ0n) is 14.8. The van der Waals surface area contributed by atoms with Gasteiger partial charge in [0.15, 0.2) is 33.3 Å². The first-order chi connectivity index (χ1) is 8.83. The summed E-state index contributed by atoms with van der Waals surface area (Å²) in [6, 6.07) is 2.81. The summed E-state index contributed by atoms with van der Waals surface area (Å²) in [4.78, 5) is 0. The minimum atomic E-state index is -1.41. The fraction of sp³-hybridized carbons (Fsp3) is 1.00. The van der Waals surface area contributed by atoms with Crippen LogP contribution in [-0.2, 0) is 8.23 Å². The van der Waals surface area contributed by atoms with Gasteiger partial charge in [0.1, 0.15) is 0 Å². The van der Waals surface area contributed by atoms with E-state index in [9.17, 15) is 0 Å². The zero-order valence-corrected chi connectivity index (χ0v) is 18.8. The molecule has 2 unspecified atom stereocenters. The number of hydrogen-bond acceptors (Lipinski definition) is 2. The van der Waals surface area contributed by atoms with E-state index in [0.29, 0.717) is 0 Å². The molecule has 0 bridgehead atoms. The summed E-state index contributed by atoms with van der Waals surface area (Å²) in [5, 5.41) is 0. The Labute approximate surface area is 130 Å². The SMILES string of the molecule is C[Si]1(C)CC(CCC2C[Si](C)(C)O[Si]2(C)C)[Si](C)(C)O1. The minimum absolute atomic E-state index is 0.902. The summed E-state index contributed by atoms with van der Waals surface area (Å²) in [6.45, 7) is 19.4. The molecule has 20 heavy (non-hydrogen) atoms. The second kappa shape index (κ2) is 5.16. The third kappa shape index (κ3) is 3.75. The first-order valence-electron chi connectivity index (χ1n) is 8.23. The lowest BCUT2D eigenvalue weighted by molar-refractivity contribution is 0.551. The van der Waals surface area contributed by atoms with E-state index >= 15 is 0 Å². The summed E-state index contributed by atoms with van der Waals surface area (Å²) >= 11 is 0. The zero-order chi connectivity index (χ0) is 15.4. The largest absolute Gasteiger partial charge is 0.455 e. The van der Waals surface area contributed by atoms with Crippen LogP contribution in [0.4, 0.5) is 0 Å². The Morgan fingerprint density at radius 3 is 1.15 bits per heavy atom. The quantitative estimate of drug-likeness (QED) is 0.638. The van der Waals surface area contributed by atoms with Crippen molar-refractivity contribution in [2.45, 2.75) is 88.4 Å². The molecular weight excluding hydrogens is 312 g/mol. The molecule has 0 spiro atoms. The molecule has 6 heteroatoms. The number of rotatable bonds is 3. The summed E-state index contributed by atoms with van der Waals surface area (Å²) in [5.74, 6) is 0. The van der Waals surface area contributed by atoms with Crippen molar-refractivity contribution in [3.05, 3.63) is 0 Å². The maximum atomic E-state index is 6.52. The first-order valence-corrected chi connectivity index (χ1v) is 20.4. The Hall–Kier alpha value is 0.788.